The van der Waals surface area contributed by atoms with Crippen LogP contribution in [0.5, 0.6) is 0 Å². The zero-order valence-corrected chi connectivity index (χ0v) is 15.8. The van der Waals surface area contributed by atoms with E-state index in [1.165, 1.54) is 29.2 Å². The molecule has 1 aromatic rings. The van der Waals surface area contributed by atoms with Gasteiger partial charge in [-0.3, -0.25) is 14.5 Å². The Morgan fingerprint density at radius 2 is 1.84 bits per heavy atom. The fourth-order valence-corrected chi connectivity index (χ4v) is 3.92. The third-order valence-electron chi connectivity index (χ3n) is 5.23. The Morgan fingerprint density at radius 1 is 1.19 bits per heavy atom. The summed E-state index contributed by atoms with van der Waals surface area (Å²) in [5, 5.41) is 12.1. The average Bonchev–Trinajstić information content (AvgIpc) is 3.08. The number of β-lactam (4-membered cyclic amide) rings is 1. The Labute approximate surface area is 202 Å². The van der Waals surface area contributed by atoms with Crippen molar-refractivity contribution in [1.82, 2.24) is 9.80 Å². The molecule has 2 fully saturated rings. The maximum absolute atomic E-state index is 12.8. The van der Waals surface area contributed by atoms with E-state index in [2.05, 4.69) is 10.1 Å². The van der Waals surface area contributed by atoms with Crippen LogP contribution >= 0.6 is 0 Å². The quantitative estimate of drug-likeness (QED) is 0.299. The van der Waals surface area contributed by atoms with Gasteiger partial charge in [0.25, 0.3) is 5.91 Å². The molecule has 13 nitrogen and oxygen atoms in total. The molecule has 0 unspecified atom stereocenters. The van der Waals surface area contributed by atoms with Gasteiger partial charge in [0, 0.05) is 11.3 Å². The molecular weight excluding hydrogens is 437 g/mol. The fraction of sp³-hybridized carbons (Fsp3) is 0.278. The van der Waals surface area contributed by atoms with Crippen LogP contribution in [0.4, 0.5) is 15.3 Å². The Hall–Kier alpha value is -3.29. The first-order chi connectivity index (χ1) is 14.7. The number of hydrogen-bond acceptors (Lipinski definition) is 7. The number of carbonyl (C=O) groups is 5. The fourth-order valence-electron chi connectivity index (χ4n) is 3.92. The van der Waals surface area contributed by atoms with Crippen LogP contribution in [0.2, 0.25) is 0 Å². The number of ether oxygens (including phenoxy) is 2. The van der Waals surface area contributed by atoms with Gasteiger partial charge in [-0.15, -0.1) is 0 Å². The van der Waals surface area contributed by atoms with E-state index < -0.39 is 60.4 Å². The van der Waals surface area contributed by atoms with E-state index in [1.807, 2.05) is 0 Å². The molecule has 5 amide bonds. The number of carboxylic acids is 1. The molecule has 0 aromatic heterocycles. The number of likely N-dealkylation sites (tertiary alicyclic amines) is 1. The molecule has 3 atom stereocenters. The summed E-state index contributed by atoms with van der Waals surface area (Å²) in [6.45, 7) is -0.567. The Balaban J connectivity index is 0.00000289. The van der Waals surface area contributed by atoms with Crippen molar-refractivity contribution in [2.75, 3.05) is 18.5 Å². The topological polar surface area (TPSA) is 195 Å². The Kier molecular flexibility index (Phi) is 6.34. The van der Waals surface area contributed by atoms with Gasteiger partial charge in [-0.1, -0.05) is 0 Å². The summed E-state index contributed by atoms with van der Waals surface area (Å²) in [5.74, 6) is -2.88. The van der Waals surface area contributed by atoms with Crippen molar-refractivity contribution in [3.63, 3.8) is 0 Å². The molecule has 4 rings (SSSR count). The van der Waals surface area contributed by atoms with Crippen molar-refractivity contribution in [2.45, 2.75) is 18.2 Å². The zero-order valence-electron chi connectivity index (χ0n) is 15.8. The van der Waals surface area contributed by atoms with Crippen molar-refractivity contribution in [3.8, 4) is 0 Å². The molecule has 6 N–H and O–H groups in total. The Morgan fingerprint density at radius 3 is 2.41 bits per heavy atom. The number of amides is 5. The van der Waals surface area contributed by atoms with Gasteiger partial charge >= 0.3 is 47.7 Å². The van der Waals surface area contributed by atoms with E-state index in [9.17, 15) is 29.1 Å². The summed E-state index contributed by atoms with van der Waals surface area (Å²) in [5.41, 5.74) is 10.3. The van der Waals surface area contributed by atoms with Crippen LogP contribution in [0, 0.1) is 0 Å². The summed E-state index contributed by atoms with van der Waals surface area (Å²) in [4.78, 5) is 61.4. The number of nitrogens with one attached hydrogen (secondary N) is 1. The standard InChI is InChI=1S/C18H17N5O8.Na.H/c19-14(24)7-1-3-8(4-2-7)21-18(29)22-5-9-11-13(22)15(25)23(11)12(16(26)27)10(31-9)6-30-17(20)28;;/h1-4,9,11,13H,5-6H2,(H2,19,24)(H2,20,28)(H,21,29)(H,26,27);;/t9-,11-,13+;;/m1../s1. The number of nitrogens with zero attached hydrogens (tertiary/aromatic N) is 2. The predicted molar refractivity (Wildman–Crippen MR) is 107 cm³/mol. The number of hydrogen-bond donors (Lipinski definition) is 4. The van der Waals surface area contributed by atoms with Crippen molar-refractivity contribution in [3.05, 3.63) is 41.3 Å². The minimum atomic E-state index is -1.44. The predicted octanol–water partition coefficient (Wildman–Crippen LogP) is -1.65. The first-order valence-corrected chi connectivity index (χ1v) is 9.05. The minimum absolute atomic E-state index is 0. The van der Waals surface area contributed by atoms with Crippen molar-refractivity contribution in [2.24, 2.45) is 11.5 Å². The average molecular weight is 455 g/mol. The van der Waals surface area contributed by atoms with Crippen LogP contribution < -0.4 is 16.8 Å². The van der Waals surface area contributed by atoms with Crippen LogP contribution in [0.1, 0.15) is 10.4 Å². The molecule has 32 heavy (non-hydrogen) atoms. The van der Waals surface area contributed by atoms with Crippen LogP contribution in [-0.2, 0) is 19.1 Å². The van der Waals surface area contributed by atoms with Crippen LogP contribution in [-0.4, -0.2) is 106 Å². The number of nitrogens with two attached hydrogens (primary N) is 2. The maximum atomic E-state index is 12.8. The van der Waals surface area contributed by atoms with Gasteiger partial charge in [0.15, 0.2) is 18.1 Å². The Bertz CT molecular complexity index is 1040. The molecule has 0 bridgehead atoms. The summed E-state index contributed by atoms with van der Waals surface area (Å²) in [6, 6.07) is 3.66. The molecule has 2 saturated heterocycles. The van der Waals surface area contributed by atoms with Crippen LogP contribution in [0.15, 0.2) is 35.7 Å². The SMILES string of the molecule is NC(=O)OCC1=C(C(=O)O)N2C(=O)[C@@H]3[C@H]2[C@@H](CN3C(=O)Nc2ccc(C(N)=O)cc2)O1.[NaH]. The second-order valence-corrected chi connectivity index (χ2v) is 7.01. The van der Waals surface area contributed by atoms with Crippen molar-refractivity contribution in [1.29, 1.82) is 0 Å². The number of anilines is 1. The summed E-state index contributed by atoms with van der Waals surface area (Å²) in [6.07, 6.45) is -1.84. The third-order valence-corrected chi connectivity index (χ3v) is 5.23. The van der Waals surface area contributed by atoms with Crippen LogP contribution in [0.25, 0.3) is 0 Å². The molecule has 0 aliphatic carbocycles. The molecule has 14 heteroatoms. The normalized spacial score (nSPS) is 22.8. The first kappa shape index (κ1) is 23.4. The molecule has 3 aliphatic heterocycles. The molecule has 3 aliphatic rings. The molecular formula is C18H18N5NaO8. The molecule has 3 heterocycles. The molecule has 0 radical (unpaired) electrons. The molecule has 164 valence electrons. The molecule has 1 aromatic carbocycles. The van der Waals surface area contributed by atoms with E-state index in [1.54, 1.807) is 0 Å². The summed E-state index contributed by atoms with van der Waals surface area (Å²) >= 11 is 0. The number of benzene rings is 1. The van der Waals surface area contributed by atoms with Gasteiger partial charge in [-0.25, -0.2) is 14.4 Å². The van der Waals surface area contributed by atoms with Gasteiger partial charge < -0.3 is 36.3 Å². The second kappa shape index (κ2) is 8.68. The number of primary amides is 2. The molecule has 0 spiro atoms. The third kappa shape index (κ3) is 3.85. The summed E-state index contributed by atoms with van der Waals surface area (Å²) in [7, 11) is 0. The number of carbonyl (C=O) groups excluding carboxylic acids is 4. The summed E-state index contributed by atoms with van der Waals surface area (Å²) < 4.78 is 10.3. The van der Waals surface area contributed by atoms with E-state index in [0.29, 0.717) is 5.69 Å². The number of carboxylic acid groups (broad SMARTS) is 1. The van der Waals surface area contributed by atoms with Crippen molar-refractivity contribution >= 4 is 65.2 Å². The second-order valence-electron chi connectivity index (χ2n) is 7.01. The number of rotatable bonds is 5. The first-order valence-electron chi connectivity index (χ1n) is 9.05. The van der Waals surface area contributed by atoms with Gasteiger partial charge in [0.05, 0.1) is 6.54 Å². The van der Waals surface area contributed by atoms with E-state index in [-0.39, 0.29) is 47.4 Å². The van der Waals surface area contributed by atoms with Gasteiger partial charge in [0.2, 0.25) is 5.91 Å². The van der Waals surface area contributed by atoms with Gasteiger partial charge in [-0.05, 0) is 24.3 Å². The van der Waals surface area contributed by atoms with E-state index in [0.717, 1.165) is 4.90 Å². The van der Waals surface area contributed by atoms with Gasteiger partial charge in [-0.2, -0.15) is 0 Å². The molecule has 0 saturated carbocycles. The van der Waals surface area contributed by atoms with E-state index in [4.69, 9.17) is 16.2 Å². The van der Waals surface area contributed by atoms with Crippen LogP contribution in [0.3, 0.4) is 0 Å². The van der Waals surface area contributed by atoms with Gasteiger partial charge in [0.1, 0.15) is 18.2 Å². The number of urea groups is 1. The number of aliphatic carboxylic acids is 1. The van der Waals surface area contributed by atoms with Crippen molar-refractivity contribution < 1.29 is 38.6 Å². The van der Waals surface area contributed by atoms with E-state index >= 15 is 0 Å². The monoisotopic (exact) mass is 455 g/mol. The zero-order chi connectivity index (χ0) is 22.4.